The van der Waals surface area contributed by atoms with Gasteiger partial charge in [0.1, 0.15) is 11.6 Å². The Balaban J connectivity index is 1.86. The summed E-state index contributed by atoms with van der Waals surface area (Å²) >= 11 is 0. The number of hydrogen-bond acceptors (Lipinski definition) is 6. The summed E-state index contributed by atoms with van der Waals surface area (Å²) in [5.41, 5.74) is -1.19. The molecule has 0 aromatic heterocycles. The van der Waals surface area contributed by atoms with Gasteiger partial charge in [0.05, 0.1) is 4.92 Å². The highest BCUT2D eigenvalue weighted by molar-refractivity contribution is 5.93. The van der Waals surface area contributed by atoms with Crippen molar-refractivity contribution in [3.05, 3.63) is 64.5 Å². The lowest BCUT2D eigenvalue weighted by Gasteiger charge is -2.24. The van der Waals surface area contributed by atoms with Gasteiger partial charge < -0.3 is 14.8 Å². The fourth-order valence-electron chi connectivity index (χ4n) is 2.01. The molecule has 0 bridgehead atoms. The van der Waals surface area contributed by atoms with Crippen LogP contribution < -0.4 is 10.1 Å². The molecule has 0 aliphatic heterocycles. The number of carbonyl (C=O) groups excluding carboxylic acids is 2. The molecular weight excluding hydrogens is 359 g/mol. The molecule has 0 aliphatic rings. The summed E-state index contributed by atoms with van der Waals surface area (Å²) in [5.74, 6) is -1.57. The second-order valence-electron chi connectivity index (χ2n) is 5.99. The molecule has 2 aromatic carbocycles. The first-order chi connectivity index (χ1) is 12.7. The molecule has 1 N–H and O–H groups in total. The van der Waals surface area contributed by atoms with Gasteiger partial charge in [-0.05, 0) is 50.2 Å². The number of ether oxygens (including phenoxy) is 2. The maximum absolute atomic E-state index is 12.9. The third-order valence-corrected chi connectivity index (χ3v) is 3.37. The van der Waals surface area contributed by atoms with Crippen LogP contribution in [0, 0.1) is 15.9 Å². The van der Waals surface area contributed by atoms with Gasteiger partial charge in [-0.2, -0.15) is 0 Å². The highest BCUT2D eigenvalue weighted by atomic mass is 19.1. The standard InChI is InChI=1S/C18H17FN2O6/c1-18(2,27-15-9-3-12(19)4-10-15)17(23)26-11-16(22)20-13-5-7-14(8-6-13)21(24)25/h3-10H,11H2,1-2H3,(H,20,22). The number of nitro groups is 1. The third kappa shape index (κ3) is 5.77. The molecule has 0 aliphatic carbocycles. The maximum atomic E-state index is 12.9. The van der Waals surface area contributed by atoms with Gasteiger partial charge in [0, 0.05) is 17.8 Å². The van der Waals surface area contributed by atoms with Crippen molar-refractivity contribution in [2.24, 2.45) is 0 Å². The van der Waals surface area contributed by atoms with E-state index < -0.39 is 34.8 Å². The summed E-state index contributed by atoms with van der Waals surface area (Å²) in [6, 6.07) is 10.3. The topological polar surface area (TPSA) is 108 Å². The van der Waals surface area contributed by atoms with Gasteiger partial charge in [0.2, 0.25) is 0 Å². The number of non-ortho nitro benzene ring substituents is 1. The van der Waals surface area contributed by atoms with Gasteiger partial charge in [-0.25, -0.2) is 9.18 Å². The molecule has 0 spiro atoms. The Morgan fingerprint density at radius 3 is 2.26 bits per heavy atom. The molecule has 27 heavy (non-hydrogen) atoms. The van der Waals surface area contributed by atoms with E-state index in [-0.39, 0.29) is 11.4 Å². The third-order valence-electron chi connectivity index (χ3n) is 3.37. The number of anilines is 1. The Bertz CT molecular complexity index is 834. The molecule has 0 saturated heterocycles. The van der Waals surface area contributed by atoms with Crippen molar-refractivity contribution in [1.29, 1.82) is 0 Å². The van der Waals surface area contributed by atoms with Crippen molar-refractivity contribution in [1.82, 2.24) is 0 Å². The smallest absolute Gasteiger partial charge is 0.350 e. The van der Waals surface area contributed by atoms with Gasteiger partial charge in [0.15, 0.2) is 12.2 Å². The molecule has 9 heteroatoms. The minimum atomic E-state index is -1.40. The van der Waals surface area contributed by atoms with Gasteiger partial charge in [-0.1, -0.05) is 0 Å². The molecule has 1 amide bonds. The first kappa shape index (κ1) is 19.8. The van der Waals surface area contributed by atoms with Crippen molar-refractivity contribution in [2.45, 2.75) is 19.4 Å². The number of nitro benzene ring substituents is 1. The lowest BCUT2D eigenvalue weighted by molar-refractivity contribution is -0.384. The number of amides is 1. The number of hydrogen-bond donors (Lipinski definition) is 1. The fourth-order valence-corrected chi connectivity index (χ4v) is 2.01. The van der Waals surface area contributed by atoms with Crippen LogP contribution in [0.1, 0.15) is 13.8 Å². The second-order valence-corrected chi connectivity index (χ2v) is 5.99. The summed E-state index contributed by atoms with van der Waals surface area (Å²) in [4.78, 5) is 34.0. The zero-order valence-electron chi connectivity index (χ0n) is 14.6. The Hall–Kier alpha value is -3.49. The van der Waals surface area contributed by atoms with Crippen LogP contribution in [-0.2, 0) is 14.3 Å². The fraction of sp³-hybridized carbons (Fsp3) is 0.222. The number of nitrogens with zero attached hydrogens (tertiary/aromatic N) is 1. The molecule has 2 rings (SSSR count). The van der Waals surface area contributed by atoms with Gasteiger partial charge in [-0.3, -0.25) is 14.9 Å². The Kier molecular flexibility index (Phi) is 6.07. The van der Waals surface area contributed by atoms with E-state index in [9.17, 15) is 24.1 Å². The normalized spacial score (nSPS) is 10.8. The van der Waals surface area contributed by atoms with Crippen molar-refractivity contribution in [2.75, 3.05) is 11.9 Å². The zero-order valence-corrected chi connectivity index (χ0v) is 14.6. The Morgan fingerprint density at radius 2 is 1.70 bits per heavy atom. The minimum Gasteiger partial charge on any atom is -0.476 e. The van der Waals surface area contributed by atoms with E-state index in [0.29, 0.717) is 5.69 Å². The van der Waals surface area contributed by atoms with E-state index in [1.165, 1.54) is 62.4 Å². The SMILES string of the molecule is CC(C)(Oc1ccc(F)cc1)C(=O)OCC(=O)Nc1ccc([N+](=O)[O-])cc1. The maximum Gasteiger partial charge on any atom is 0.350 e. The van der Waals surface area contributed by atoms with E-state index in [2.05, 4.69) is 5.32 Å². The summed E-state index contributed by atoms with van der Waals surface area (Å²) in [6.07, 6.45) is 0. The van der Waals surface area contributed by atoms with Crippen LogP contribution in [0.4, 0.5) is 15.8 Å². The molecule has 2 aromatic rings. The quantitative estimate of drug-likeness (QED) is 0.452. The van der Waals surface area contributed by atoms with Crippen LogP contribution >= 0.6 is 0 Å². The number of esters is 1. The predicted octanol–water partition coefficient (Wildman–Crippen LogP) is 3.07. The van der Waals surface area contributed by atoms with Gasteiger partial charge in [0.25, 0.3) is 11.6 Å². The van der Waals surface area contributed by atoms with Crippen LogP contribution in [0.3, 0.4) is 0 Å². The van der Waals surface area contributed by atoms with Crippen LogP contribution in [0.25, 0.3) is 0 Å². The lowest BCUT2D eigenvalue weighted by Crippen LogP contribution is -2.41. The summed E-state index contributed by atoms with van der Waals surface area (Å²) in [5, 5.41) is 13.0. The number of benzene rings is 2. The lowest BCUT2D eigenvalue weighted by atomic mass is 10.1. The van der Waals surface area contributed by atoms with Crippen LogP contribution in [0.5, 0.6) is 5.75 Å². The highest BCUT2D eigenvalue weighted by Gasteiger charge is 2.32. The van der Waals surface area contributed by atoms with Crippen molar-refractivity contribution in [3.63, 3.8) is 0 Å². The number of nitrogens with one attached hydrogen (secondary N) is 1. The highest BCUT2D eigenvalue weighted by Crippen LogP contribution is 2.20. The molecule has 0 radical (unpaired) electrons. The second kappa shape index (κ2) is 8.26. The first-order valence-corrected chi connectivity index (χ1v) is 7.83. The van der Waals surface area contributed by atoms with E-state index >= 15 is 0 Å². The summed E-state index contributed by atoms with van der Waals surface area (Å²) in [7, 11) is 0. The first-order valence-electron chi connectivity index (χ1n) is 7.83. The Labute approximate surface area is 154 Å². The van der Waals surface area contributed by atoms with Crippen LogP contribution in [0.15, 0.2) is 48.5 Å². The monoisotopic (exact) mass is 376 g/mol. The van der Waals surface area contributed by atoms with Crippen molar-refractivity contribution in [3.8, 4) is 5.75 Å². The average molecular weight is 376 g/mol. The zero-order chi connectivity index (χ0) is 20.0. The van der Waals surface area contributed by atoms with E-state index in [0.717, 1.165) is 0 Å². The predicted molar refractivity (Wildman–Crippen MR) is 93.8 cm³/mol. The molecule has 0 saturated carbocycles. The molecule has 8 nitrogen and oxygen atoms in total. The number of halogens is 1. The van der Waals surface area contributed by atoms with E-state index in [1.54, 1.807) is 0 Å². The number of rotatable bonds is 7. The molecule has 0 unspecified atom stereocenters. The Morgan fingerprint density at radius 1 is 1.11 bits per heavy atom. The van der Waals surface area contributed by atoms with Crippen LogP contribution in [-0.4, -0.2) is 29.0 Å². The molecule has 0 atom stereocenters. The largest absolute Gasteiger partial charge is 0.476 e. The van der Waals surface area contributed by atoms with E-state index in [4.69, 9.17) is 9.47 Å². The van der Waals surface area contributed by atoms with Gasteiger partial charge >= 0.3 is 5.97 Å². The average Bonchev–Trinajstić information content (AvgIpc) is 2.62. The molecular formula is C18H17FN2O6. The van der Waals surface area contributed by atoms with Crippen molar-refractivity contribution >= 4 is 23.3 Å². The van der Waals surface area contributed by atoms with E-state index in [1.807, 2.05) is 0 Å². The van der Waals surface area contributed by atoms with Gasteiger partial charge in [-0.15, -0.1) is 0 Å². The van der Waals surface area contributed by atoms with Crippen LogP contribution in [0.2, 0.25) is 0 Å². The molecule has 0 heterocycles. The number of carbonyl (C=O) groups is 2. The summed E-state index contributed by atoms with van der Waals surface area (Å²) < 4.78 is 23.3. The molecule has 0 fully saturated rings. The minimum absolute atomic E-state index is 0.112. The van der Waals surface area contributed by atoms with Crippen molar-refractivity contribution < 1.29 is 28.4 Å². The summed E-state index contributed by atoms with van der Waals surface area (Å²) in [6.45, 7) is 2.34. The molecule has 142 valence electrons.